The predicted molar refractivity (Wildman–Crippen MR) is 68.2 cm³/mol. The average Bonchev–Trinajstić information content (AvgIpc) is 3.09. The molecule has 5 heteroatoms. The van der Waals surface area contributed by atoms with Gasteiger partial charge in [0, 0.05) is 24.0 Å². The number of thiazole rings is 1. The molecule has 0 aromatic carbocycles. The van der Waals surface area contributed by atoms with Gasteiger partial charge in [-0.05, 0) is 32.6 Å². The summed E-state index contributed by atoms with van der Waals surface area (Å²) in [5.74, 6) is -0.261. The number of hydrogen-bond acceptors (Lipinski definition) is 4. The summed E-state index contributed by atoms with van der Waals surface area (Å²) in [6.07, 6.45) is 3.49. The van der Waals surface area contributed by atoms with Crippen LogP contribution in [-0.2, 0) is 14.9 Å². The molecule has 1 saturated carbocycles. The smallest absolute Gasteiger partial charge is 0.316 e. The van der Waals surface area contributed by atoms with Crippen molar-refractivity contribution >= 4 is 17.3 Å². The fraction of sp³-hybridized carbons (Fsp3) is 0.692. The van der Waals surface area contributed by atoms with Gasteiger partial charge < -0.3 is 9.84 Å². The largest absolute Gasteiger partial charge is 0.481 e. The molecule has 0 amide bonds. The number of ether oxygens (including phenoxy) is 1. The van der Waals surface area contributed by atoms with E-state index in [1.807, 2.05) is 0 Å². The zero-order chi connectivity index (χ0) is 12.8. The van der Waals surface area contributed by atoms with Gasteiger partial charge in [-0.3, -0.25) is 4.79 Å². The van der Waals surface area contributed by atoms with Crippen molar-refractivity contribution in [2.45, 2.75) is 43.9 Å². The van der Waals surface area contributed by atoms with Gasteiger partial charge in [0.15, 0.2) is 0 Å². The molecule has 2 aliphatic rings. The van der Waals surface area contributed by atoms with Crippen LogP contribution >= 0.6 is 11.3 Å². The Hall–Kier alpha value is -0.940. The summed E-state index contributed by atoms with van der Waals surface area (Å²) in [6.45, 7) is 3.64. The molecule has 2 fully saturated rings. The number of aryl methyl sites for hydroxylation is 1. The molecule has 0 unspecified atom stereocenters. The van der Waals surface area contributed by atoms with Crippen LogP contribution in [0.25, 0.3) is 0 Å². The number of carboxylic acids is 1. The first kappa shape index (κ1) is 12.1. The highest BCUT2D eigenvalue weighted by Gasteiger charge is 2.54. The third-order valence-corrected chi connectivity index (χ3v) is 5.20. The Morgan fingerprint density at radius 3 is 2.67 bits per heavy atom. The number of carboxylic acid groups (broad SMARTS) is 1. The lowest BCUT2D eigenvalue weighted by Crippen LogP contribution is -2.20. The van der Waals surface area contributed by atoms with Crippen LogP contribution in [0.15, 0.2) is 0 Å². The molecular weight excluding hydrogens is 250 g/mol. The van der Waals surface area contributed by atoms with Crippen molar-refractivity contribution in [3.8, 4) is 0 Å². The van der Waals surface area contributed by atoms with Gasteiger partial charge in [-0.2, -0.15) is 0 Å². The monoisotopic (exact) mass is 267 g/mol. The highest BCUT2D eigenvalue weighted by Crippen LogP contribution is 2.50. The van der Waals surface area contributed by atoms with Gasteiger partial charge >= 0.3 is 5.97 Å². The van der Waals surface area contributed by atoms with Crippen LogP contribution in [-0.4, -0.2) is 29.3 Å². The summed E-state index contributed by atoms with van der Waals surface area (Å²) in [4.78, 5) is 17.2. The van der Waals surface area contributed by atoms with Gasteiger partial charge in [-0.1, -0.05) is 0 Å². The Morgan fingerprint density at radius 2 is 2.11 bits per heavy atom. The minimum atomic E-state index is -0.713. The van der Waals surface area contributed by atoms with E-state index in [9.17, 15) is 9.90 Å². The molecule has 0 bridgehead atoms. The van der Waals surface area contributed by atoms with Crippen LogP contribution in [0.3, 0.4) is 0 Å². The molecule has 1 saturated heterocycles. The minimum absolute atomic E-state index is 0.452. The fourth-order valence-electron chi connectivity index (χ4n) is 2.61. The van der Waals surface area contributed by atoms with E-state index in [0.29, 0.717) is 5.92 Å². The van der Waals surface area contributed by atoms with Crippen LogP contribution in [0.4, 0.5) is 0 Å². The van der Waals surface area contributed by atoms with Gasteiger partial charge in [-0.25, -0.2) is 4.98 Å². The van der Waals surface area contributed by atoms with Crippen molar-refractivity contribution in [1.29, 1.82) is 0 Å². The zero-order valence-electron chi connectivity index (χ0n) is 10.4. The van der Waals surface area contributed by atoms with E-state index in [4.69, 9.17) is 4.74 Å². The molecule has 1 aliphatic carbocycles. The summed E-state index contributed by atoms with van der Waals surface area (Å²) >= 11 is 1.57. The molecule has 1 aromatic rings. The number of aromatic nitrogens is 1. The van der Waals surface area contributed by atoms with E-state index >= 15 is 0 Å². The highest BCUT2D eigenvalue weighted by molar-refractivity contribution is 7.12. The Morgan fingerprint density at radius 1 is 1.44 bits per heavy atom. The second kappa shape index (κ2) is 4.31. The first-order valence-corrected chi connectivity index (χ1v) is 7.24. The summed E-state index contributed by atoms with van der Waals surface area (Å²) in [5.41, 5.74) is 0.463. The van der Waals surface area contributed by atoms with Crippen molar-refractivity contribution in [2.24, 2.45) is 0 Å². The fourth-order valence-corrected chi connectivity index (χ4v) is 3.84. The van der Waals surface area contributed by atoms with E-state index in [-0.39, 0.29) is 0 Å². The third kappa shape index (κ3) is 1.86. The molecule has 1 aromatic heterocycles. The van der Waals surface area contributed by atoms with Crippen molar-refractivity contribution in [3.05, 3.63) is 15.6 Å². The van der Waals surface area contributed by atoms with Gasteiger partial charge in [0.2, 0.25) is 0 Å². The standard InChI is InChI=1S/C13H17NO3S/c1-8-10(9-2-6-17-7-3-9)14-11(18-8)13(4-5-13)12(15)16/h9H,2-7H2,1H3,(H,15,16). The Labute approximate surface area is 110 Å². The van der Waals surface area contributed by atoms with Crippen LogP contribution in [0.5, 0.6) is 0 Å². The minimum Gasteiger partial charge on any atom is -0.481 e. The maximum Gasteiger partial charge on any atom is 0.316 e. The first-order valence-electron chi connectivity index (χ1n) is 6.42. The molecule has 18 heavy (non-hydrogen) atoms. The summed E-state index contributed by atoms with van der Waals surface area (Å²) in [6, 6.07) is 0. The maximum atomic E-state index is 11.3. The quantitative estimate of drug-likeness (QED) is 0.914. The van der Waals surface area contributed by atoms with E-state index in [2.05, 4.69) is 11.9 Å². The lowest BCUT2D eigenvalue weighted by Gasteiger charge is -2.21. The maximum absolute atomic E-state index is 11.3. The number of nitrogens with zero attached hydrogens (tertiary/aromatic N) is 1. The van der Waals surface area contributed by atoms with Crippen molar-refractivity contribution in [2.75, 3.05) is 13.2 Å². The van der Waals surface area contributed by atoms with Crippen LogP contribution < -0.4 is 0 Å². The van der Waals surface area contributed by atoms with E-state index in [1.165, 1.54) is 4.88 Å². The number of hydrogen-bond donors (Lipinski definition) is 1. The van der Waals surface area contributed by atoms with Crippen molar-refractivity contribution < 1.29 is 14.6 Å². The van der Waals surface area contributed by atoms with Gasteiger partial charge in [-0.15, -0.1) is 11.3 Å². The molecule has 4 nitrogen and oxygen atoms in total. The molecule has 1 aliphatic heterocycles. The van der Waals surface area contributed by atoms with E-state index in [0.717, 1.165) is 49.6 Å². The summed E-state index contributed by atoms with van der Waals surface area (Å²) in [7, 11) is 0. The SMILES string of the molecule is Cc1sc(C2(C(=O)O)CC2)nc1C1CCOCC1. The molecule has 0 spiro atoms. The van der Waals surface area contributed by atoms with E-state index < -0.39 is 11.4 Å². The first-order chi connectivity index (χ1) is 8.63. The van der Waals surface area contributed by atoms with Crippen molar-refractivity contribution in [1.82, 2.24) is 4.98 Å². The number of carbonyl (C=O) groups is 1. The molecular formula is C13H17NO3S. The van der Waals surface area contributed by atoms with Crippen LogP contribution in [0.2, 0.25) is 0 Å². The second-order valence-electron chi connectivity index (χ2n) is 5.23. The summed E-state index contributed by atoms with van der Waals surface area (Å²) < 4.78 is 5.37. The normalized spacial score (nSPS) is 22.9. The van der Waals surface area contributed by atoms with Crippen molar-refractivity contribution in [3.63, 3.8) is 0 Å². The predicted octanol–water partition coefficient (Wildman–Crippen LogP) is 2.46. The molecule has 98 valence electrons. The number of rotatable bonds is 3. The van der Waals surface area contributed by atoms with Gasteiger partial charge in [0.05, 0.1) is 5.69 Å². The lowest BCUT2D eigenvalue weighted by molar-refractivity contribution is -0.140. The average molecular weight is 267 g/mol. The van der Waals surface area contributed by atoms with Gasteiger partial charge in [0.25, 0.3) is 0 Å². The molecule has 0 atom stereocenters. The second-order valence-corrected chi connectivity index (χ2v) is 6.44. The topological polar surface area (TPSA) is 59.4 Å². The molecule has 2 heterocycles. The Balaban J connectivity index is 1.89. The molecule has 1 N–H and O–H groups in total. The molecule has 3 rings (SSSR count). The van der Waals surface area contributed by atoms with Crippen LogP contribution in [0.1, 0.15) is 47.2 Å². The summed E-state index contributed by atoms with van der Waals surface area (Å²) in [5, 5.41) is 10.1. The lowest BCUT2D eigenvalue weighted by atomic mass is 9.96. The number of aliphatic carboxylic acids is 1. The van der Waals surface area contributed by atoms with E-state index in [1.54, 1.807) is 11.3 Å². The highest BCUT2D eigenvalue weighted by atomic mass is 32.1. The zero-order valence-corrected chi connectivity index (χ0v) is 11.3. The Kier molecular flexibility index (Phi) is 2.90. The van der Waals surface area contributed by atoms with Crippen LogP contribution in [0, 0.1) is 6.92 Å². The Bertz CT molecular complexity index is 473. The van der Waals surface area contributed by atoms with Gasteiger partial charge in [0.1, 0.15) is 10.4 Å². The third-order valence-electron chi connectivity index (χ3n) is 4.01. The molecule has 0 radical (unpaired) electrons.